The molecule has 0 fully saturated rings. The SMILES string of the molecule is CCOP(=O)(O)SSP(=O)(O)OCC.[NaH].[NaH].[NaH].[NaH]. The molecule has 0 spiro atoms. The molecule has 0 saturated carbocycles. The Kier molecular flexibility index (Phi) is 35.0. The van der Waals surface area contributed by atoms with Crippen LogP contribution < -0.4 is 0 Å². The van der Waals surface area contributed by atoms with Gasteiger partial charge in [0.05, 0.1) is 13.2 Å². The van der Waals surface area contributed by atoms with Crippen molar-refractivity contribution in [3.05, 3.63) is 0 Å². The van der Waals surface area contributed by atoms with E-state index >= 15 is 0 Å². The van der Waals surface area contributed by atoms with Gasteiger partial charge in [0.1, 0.15) is 0 Å². The Bertz CT molecular complexity index is 246. The molecule has 2 atom stereocenters. The normalized spacial score (nSPS) is 15.6. The quantitative estimate of drug-likeness (QED) is 0.365. The molecule has 0 amide bonds. The number of hydrogen-bond donors (Lipinski definition) is 2. The van der Waals surface area contributed by atoms with Crippen molar-refractivity contribution in [3.63, 3.8) is 0 Å². The van der Waals surface area contributed by atoms with Crippen LogP contribution in [0, 0.1) is 0 Å². The molecular weight excluding hydrogens is 362 g/mol. The van der Waals surface area contributed by atoms with Crippen molar-refractivity contribution in [1.29, 1.82) is 0 Å². The molecule has 2 N–H and O–H groups in total. The van der Waals surface area contributed by atoms with E-state index in [1.54, 1.807) is 13.8 Å². The Morgan fingerprint density at radius 2 is 1.06 bits per heavy atom. The molecule has 2 unspecified atom stereocenters. The molecule has 14 heteroatoms. The van der Waals surface area contributed by atoms with Gasteiger partial charge < -0.3 is 18.8 Å². The second-order valence-electron chi connectivity index (χ2n) is 1.92. The van der Waals surface area contributed by atoms with Gasteiger partial charge in [0.25, 0.3) is 0 Å². The Labute approximate surface area is 203 Å². The molecule has 6 nitrogen and oxygen atoms in total. The number of rotatable bonds is 7. The molecule has 0 heterocycles. The fourth-order valence-corrected chi connectivity index (χ4v) is 9.60. The first kappa shape index (κ1) is 34.4. The van der Waals surface area contributed by atoms with Crippen molar-refractivity contribution in [1.82, 2.24) is 0 Å². The molecule has 0 aliphatic heterocycles. The topological polar surface area (TPSA) is 93.1 Å². The summed E-state index contributed by atoms with van der Waals surface area (Å²) in [4.78, 5) is 18.1. The minimum absolute atomic E-state index is 0. The first-order chi connectivity index (χ1) is 6.33. The molecule has 0 bridgehead atoms. The average molecular weight is 378 g/mol. The average Bonchev–Trinajstić information content (AvgIpc) is 2.01. The Balaban J connectivity index is -0.000000141. The van der Waals surface area contributed by atoms with Crippen LogP contribution in [0.4, 0.5) is 0 Å². The third-order valence-corrected chi connectivity index (χ3v) is 10.2. The molecule has 0 aromatic carbocycles. The van der Waals surface area contributed by atoms with Gasteiger partial charge in [0.2, 0.25) is 0 Å². The van der Waals surface area contributed by atoms with Crippen molar-refractivity contribution in [2.24, 2.45) is 0 Å². The zero-order valence-corrected chi connectivity index (χ0v) is 11.1. The van der Waals surface area contributed by atoms with Crippen LogP contribution in [0.25, 0.3) is 0 Å². The van der Waals surface area contributed by atoms with E-state index in [1.165, 1.54) is 0 Å². The van der Waals surface area contributed by atoms with E-state index in [1.807, 2.05) is 0 Å². The summed E-state index contributed by atoms with van der Waals surface area (Å²) >= 11 is 0. The van der Waals surface area contributed by atoms with Crippen LogP contribution in [-0.4, -0.2) is 141 Å². The van der Waals surface area contributed by atoms with E-state index in [4.69, 9.17) is 9.79 Å². The second-order valence-corrected chi connectivity index (χ2v) is 11.0. The van der Waals surface area contributed by atoms with Crippen molar-refractivity contribution >= 4 is 153 Å². The second kappa shape index (κ2) is 18.3. The van der Waals surface area contributed by atoms with Crippen molar-refractivity contribution in [2.45, 2.75) is 13.8 Å². The molecule has 0 aliphatic carbocycles. The van der Waals surface area contributed by atoms with Crippen molar-refractivity contribution in [3.8, 4) is 0 Å². The summed E-state index contributed by atoms with van der Waals surface area (Å²) in [5, 5.41) is 0. The van der Waals surface area contributed by atoms with Crippen LogP contribution in [0.2, 0.25) is 0 Å². The van der Waals surface area contributed by atoms with Crippen molar-refractivity contribution < 1.29 is 28.0 Å². The Hall–Kier alpha value is 5.00. The first-order valence-corrected chi connectivity index (χ1v) is 10.2. The van der Waals surface area contributed by atoms with Crippen LogP contribution in [0.5, 0.6) is 0 Å². The monoisotopic (exact) mass is 378 g/mol. The van der Waals surface area contributed by atoms with Gasteiger partial charge in [-0.3, -0.25) is 0 Å². The minimum atomic E-state index is -3.85. The van der Waals surface area contributed by atoms with E-state index in [9.17, 15) is 9.13 Å². The first-order valence-electron chi connectivity index (χ1n) is 3.65. The van der Waals surface area contributed by atoms with Gasteiger partial charge >= 0.3 is 132 Å². The zero-order valence-electron chi connectivity index (χ0n) is 7.65. The van der Waals surface area contributed by atoms with Crippen LogP contribution >= 0.6 is 34.4 Å². The molecule has 0 aliphatic rings. The van der Waals surface area contributed by atoms with Gasteiger partial charge in [-0.25, -0.2) is 9.13 Å². The fraction of sp³-hybridized carbons (Fsp3) is 1.00. The third kappa shape index (κ3) is 21.0. The summed E-state index contributed by atoms with van der Waals surface area (Å²) in [6.07, 6.45) is 0. The molecule has 18 heavy (non-hydrogen) atoms. The molecule has 94 valence electrons. The standard InChI is InChI=1S/C4H12O6P2S2.4Na.4H/c1-3-9-11(5,6)13-14-12(7,8)10-4-2;;;;;;;;/h3-4H2,1-2H3,(H,5,6)(H,7,8);;;;;;;;. The molecule has 0 rings (SSSR count). The maximum absolute atomic E-state index is 11.1. The summed E-state index contributed by atoms with van der Waals surface area (Å²) in [5.74, 6) is 0. The predicted octanol–water partition coefficient (Wildman–Crippen LogP) is 0.0476. The van der Waals surface area contributed by atoms with Crippen molar-refractivity contribution in [2.75, 3.05) is 13.2 Å². The third-order valence-electron chi connectivity index (χ3n) is 0.806. The van der Waals surface area contributed by atoms with Crippen LogP contribution in [0.15, 0.2) is 0 Å². The maximum atomic E-state index is 11.1. The van der Waals surface area contributed by atoms with Crippen LogP contribution in [0.3, 0.4) is 0 Å². The molecule has 0 aromatic rings. The summed E-state index contributed by atoms with van der Waals surface area (Å²) in [5.41, 5.74) is 0. The molecule has 0 radical (unpaired) electrons. The summed E-state index contributed by atoms with van der Waals surface area (Å²) in [7, 11) is 0.635. The molecular formula is C4H16Na4O6P2S2. The fourth-order valence-electron chi connectivity index (χ4n) is 0.454. The van der Waals surface area contributed by atoms with E-state index < -0.39 is 13.6 Å². The van der Waals surface area contributed by atoms with Gasteiger partial charge in [0.15, 0.2) is 0 Å². The summed E-state index contributed by atoms with van der Waals surface area (Å²) in [6, 6.07) is 0. The summed E-state index contributed by atoms with van der Waals surface area (Å²) in [6.45, 7) is -4.47. The van der Waals surface area contributed by atoms with E-state index in [0.717, 1.165) is 0 Å². The van der Waals surface area contributed by atoms with Gasteiger partial charge in [-0.1, -0.05) is 0 Å². The van der Waals surface area contributed by atoms with Gasteiger partial charge in [-0.15, -0.1) is 0 Å². The van der Waals surface area contributed by atoms with E-state index in [2.05, 4.69) is 9.05 Å². The van der Waals surface area contributed by atoms with Gasteiger partial charge in [-0.2, -0.15) is 0 Å². The molecule has 0 saturated heterocycles. The van der Waals surface area contributed by atoms with Crippen LogP contribution in [-0.2, 0) is 18.2 Å². The Morgan fingerprint density at radius 1 is 0.833 bits per heavy atom. The van der Waals surface area contributed by atoms with E-state index in [-0.39, 0.29) is 131 Å². The number of hydrogen-bond acceptors (Lipinski definition) is 6. The summed E-state index contributed by atoms with van der Waals surface area (Å²) < 4.78 is 31.0. The van der Waals surface area contributed by atoms with Crippen LogP contribution in [0.1, 0.15) is 13.8 Å². The van der Waals surface area contributed by atoms with Gasteiger partial charge in [-0.05, 0) is 13.8 Å². The van der Waals surface area contributed by atoms with Gasteiger partial charge in [0, 0.05) is 20.8 Å². The Morgan fingerprint density at radius 3 is 1.22 bits per heavy atom. The molecule has 0 aromatic heterocycles. The zero-order chi connectivity index (χ0) is 11.2. The van der Waals surface area contributed by atoms with E-state index in [0.29, 0.717) is 20.8 Å². The predicted molar refractivity (Wildman–Crippen MR) is 86.7 cm³/mol.